The van der Waals surface area contributed by atoms with E-state index in [0.717, 1.165) is 11.8 Å². The Balaban J connectivity index is 2.09. The van der Waals surface area contributed by atoms with E-state index in [-0.39, 0.29) is 0 Å². The van der Waals surface area contributed by atoms with Crippen molar-refractivity contribution >= 4 is 6.21 Å². The molecular weight excluding hydrogens is 146 g/mol. The Hall–Kier alpha value is -0.590. The van der Waals surface area contributed by atoms with Crippen LogP contribution in [0.5, 0.6) is 0 Å². The van der Waals surface area contributed by atoms with E-state index in [1.807, 2.05) is 0 Å². The Morgan fingerprint density at radius 3 is 2.83 bits per heavy atom. The van der Waals surface area contributed by atoms with Gasteiger partial charge in [0.05, 0.1) is 6.04 Å². The Kier molecular flexibility index (Phi) is 2.03. The van der Waals surface area contributed by atoms with Crippen molar-refractivity contribution in [2.75, 3.05) is 0 Å². The quantitative estimate of drug-likeness (QED) is 0.593. The average molecular weight is 163 g/mol. The summed E-state index contributed by atoms with van der Waals surface area (Å²) in [6.07, 6.45) is 8.51. The lowest BCUT2D eigenvalue weighted by atomic mass is 9.90. The molecule has 2 atom stereocenters. The normalized spacial score (nSPS) is 35.0. The molecule has 1 heteroatoms. The third kappa shape index (κ3) is 1.45. The van der Waals surface area contributed by atoms with Crippen molar-refractivity contribution in [2.45, 2.75) is 39.2 Å². The first kappa shape index (κ1) is 8.03. The zero-order valence-corrected chi connectivity index (χ0v) is 7.96. The molecule has 1 fully saturated rings. The summed E-state index contributed by atoms with van der Waals surface area (Å²) >= 11 is 0. The minimum absolute atomic E-state index is 0.624. The lowest BCUT2D eigenvalue weighted by Crippen LogP contribution is -2.22. The topological polar surface area (TPSA) is 12.4 Å². The van der Waals surface area contributed by atoms with Gasteiger partial charge in [0, 0.05) is 6.21 Å². The van der Waals surface area contributed by atoms with Crippen molar-refractivity contribution < 1.29 is 0 Å². The van der Waals surface area contributed by atoms with E-state index in [9.17, 15) is 0 Å². The summed E-state index contributed by atoms with van der Waals surface area (Å²) in [7, 11) is 0. The van der Waals surface area contributed by atoms with Crippen LogP contribution >= 0.6 is 0 Å². The van der Waals surface area contributed by atoms with Gasteiger partial charge in [0.15, 0.2) is 0 Å². The van der Waals surface area contributed by atoms with Crippen LogP contribution in [-0.4, -0.2) is 12.3 Å². The van der Waals surface area contributed by atoms with E-state index in [4.69, 9.17) is 0 Å². The predicted octanol–water partition coefficient (Wildman–Crippen LogP) is 2.82. The van der Waals surface area contributed by atoms with Gasteiger partial charge in [-0.15, -0.1) is 0 Å². The highest BCUT2D eigenvalue weighted by Gasteiger charge is 2.35. The van der Waals surface area contributed by atoms with Gasteiger partial charge in [-0.1, -0.05) is 13.0 Å². The zero-order valence-electron chi connectivity index (χ0n) is 7.96. The molecule has 0 aromatic heterocycles. The van der Waals surface area contributed by atoms with Gasteiger partial charge in [-0.25, -0.2) is 0 Å². The maximum absolute atomic E-state index is 4.63. The second kappa shape index (κ2) is 3.04. The molecule has 0 bridgehead atoms. The van der Waals surface area contributed by atoms with Crippen LogP contribution in [0.15, 0.2) is 16.6 Å². The highest BCUT2D eigenvalue weighted by atomic mass is 14.8. The van der Waals surface area contributed by atoms with Gasteiger partial charge in [0.25, 0.3) is 0 Å². The maximum Gasteiger partial charge on any atom is 0.0590 e. The van der Waals surface area contributed by atoms with Crippen LogP contribution < -0.4 is 0 Å². The van der Waals surface area contributed by atoms with E-state index in [0.29, 0.717) is 6.04 Å². The average Bonchev–Trinajstić information content (AvgIpc) is 2.87. The molecule has 0 aromatic carbocycles. The van der Waals surface area contributed by atoms with Crippen molar-refractivity contribution in [1.29, 1.82) is 0 Å². The van der Waals surface area contributed by atoms with Gasteiger partial charge in [-0.2, -0.15) is 0 Å². The fourth-order valence-corrected chi connectivity index (χ4v) is 2.06. The van der Waals surface area contributed by atoms with Crippen LogP contribution in [0.1, 0.15) is 33.1 Å². The molecule has 2 unspecified atom stereocenters. The van der Waals surface area contributed by atoms with Crippen LogP contribution in [0.2, 0.25) is 0 Å². The molecule has 0 saturated heterocycles. The smallest absolute Gasteiger partial charge is 0.0590 e. The molecule has 1 nitrogen and oxygen atoms in total. The molecule has 2 aliphatic rings. The van der Waals surface area contributed by atoms with E-state index in [1.165, 1.54) is 24.8 Å². The van der Waals surface area contributed by atoms with Crippen LogP contribution in [0, 0.1) is 11.8 Å². The van der Waals surface area contributed by atoms with Crippen LogP contribution in [0.4, 0.5) is 0 Å². The molecule has 0 spiro atoms. The molecule has 0 radical (unpaired) electrons. The number of dihydropyridines is 1. The van der Waals surface area contributed by atoms with Crippen molar-refractivity contribution in [1.82, 2.24) is 0 Å². The fraction of sp³-hybridized carbons (Fsp3) is 0.727. The molecule has 1 heterocycles. The van der Waals surface area contributed by atoms with Gasteiger partial charge in [0.2, 0.25) is 0 Å². The minimum atomic E-state index is 0.624. The van der Waals surface area contributed by atoms with Crippen LogP contribution in [0.3, 0.4) is 0 Å². The van der Waals surface area contributed by atoms with Crippen molar-refractivity contribution in [2.24, 2.45) is 16.8 Å². The Bertz CT molecular complexity index is 223. The summed E-state index contributed by atoms with van der Waals surface area (Å²) in [6.45, 7) is 4.42. The summed E-state index contributed by atoms with van der Waals surface area (Å²) in [4.78, 5) is 4.63. The van der Waals surface area contributed by atoms with E-state index < -0.39 is 0 Å². The first-order valence-corrected chi connectivity index (χ1v) is 5.03. The van der Waals surface area contributed by atoms with E-state index in [2.05, 4.69) is 31.1 Å². The maximum atomic E-state index is 4.63. The molecule has 12 heavy (non-hydrogen) atoms. The summed E-state index contributed by atoms with van der Waals surface area (Å²) < 4.78 is 0. The Morgan fingerprint density at radius 1 is 1.50 bits per heavy atom. The molecule has 1 aliphatic heterocycles. The van der Waals surface area contributed by atoms with E-state index in [1.54, 1.807) is 0 Å². The molecule has 1 aliphatic carbocycles. The Labute approximate surface area is 74.6 Å². The predicted molar refractivity (Wildman–Crippen MR) is 52.5 cm³/mol. The van der Waals surface area contributed by atoms with Crippen molar-refractivity contribution in [3.63, 3.8) is 0 Å². The standard InChI is InChI=1S/C11H17N/c1-3-9-6-8(2)7-12-11(9)10-4-5-10/h6-7,9-11H,3-5H2,1-2H3. The zero-order chi connectivity index (χ0) is 8.55. The summed E-state index contributed by atoms with van der Waals surface area (Å²) in [5.74, 6) is 1.64. The molecule has 66 valence electrons. The summed E-state index contributed by atoms with van der Waals surface area (Å²) in [6, 6.07) is 0.624. The second-order valence-corrected chi connectivity index (χ2v) is 4.09. The van der Waals surface area contributed by atoms with Gasteiger partial charge in [-0.05, 0) is 43.6 Å². The number of nitrogens with zero attached hydrogens (tertiary/aromatic N) is 1. The molecule has 0 aromatic rings. The molecular formula is C11H17N. The lowest BCUT2D eigenvalue weighted by Gasteiger charge is -2.23. The summed E-state index contributed by atoms with van der Waals surface area (Å²) in [5, 5.41) is 0. The van der Waals surface area contributed by atoms with Gasteiger partial charge >= 0.3 is 0 Å². The number of rotatable bonds is 2. The van der Waals surface area contributed by atoms with Crippen LogP contribution in [-0.2, 0) is 0 Å². The SMILES string of the molecule is CCC1C=C(C)C=NC1C1CC1. The Morgan fingerprint density at radius 2 is 2.25 bits per heavy atom. The van der Waals surface area contributed by atoms with Crippen LogP contribution in [0.25, 0.3) is 0 Å². The number of hydrogen-bond donors (Lipinski definition) is 0. The fourth-order valence-electron chi connectivity index (χ4n) is 2.06. The number of aliphatic imine (C=N–C) groups is 1. The first-order chi connectivity index (χ1) is 5.81. The molecule has 0 amide bonds. The highest BCUT2D eigenvalue weighted by Crippen LogP contribution is 2.40. The number of allylic oxidation sites excluding steroid dienone is 1. The third-order valence-electron chi connectivity index (χ3n) is 2.94. The van der Waals surface area contributed by atoms with Gasteiger partial charge in [0.1, 0.15) is 0 Å². The summed E-state index contributed by atoms with van der Waals surface area (Å²) in [5.41, 5.74) is 1.35. The van der Waals surface area contributed by atoms with Crippen molar-refractivity contribution in [3.8, 4) is 0 Å². The number of hydrogen-bond acceptors (Lipinski definition) is 1. The highest BCUT2D eigenvalue weighted by molar-refractivity contribution is 5.78. The van der Waals surface area contributed by atoms with Gasteiger partial charge < -0.3 is 0 Å². The second-order valence-electron chi connectivity index (χ2n) is 4.09. The minimum Gasteiger partial charge on any atom is -0.289 e. The largest absolute Gasteiger partial charge is 0.289 e. The lowest BCUT2D eigenvalue weighted by molar-refractivity contribution is 0.442. The first-order valence-electron chi connectivity index (χ1n) is 5.03. The third-order valence-corrected chi connectivity index (χ3v) is 2.94. The monoisotopic (exact) mass is 163 g/mol. The van der Waals surface area contributed by atoms with Crippen molar-refractivity contribution in [3.05, 3.63) is 11.6 Å². The molecule has 1 saturated carbocycles. The molecule has 0 N–H and O–H groups in total. The van der Waals surface area contributed by atoms with E-state index >= 15 is 0 Å². The van der Waals surface area contributed by atoms with Gasteiger partial charge in [-0.3, -0.25) is 4.99 Å². The molecule has 2 rings (SSSR count).